The van der Waals surface area contributed by atoms with E-state index in [9.17, 15) is 14.7 Å². The quantitative estimate of drug-likeness (QED) is 0.311. The molecule has 1 unspecified atom stereocenters. The molecule has 1 atom stereocenters. The molecule has 3 aliphatic heterocycles. The lowest BCUT2D eigenvalue weighted by Crippen LogP contribution is -2.30. The molecule has 3 aromatic rings. The fraction of sp³-hybridized carbons (Fsp3) is 0.300. The summed E-state index contributed by atoms with van der Waals surface area (Å²) in [5.41, 5.74) is 3.91. The number of carbonyl (C=O) groups is 2. The number of hydrogen-bond acceptors (Lipinski definition) is 6. The number of nitrogens with zero attached hydrogens (tertiary/aromatic N) is 3. The van der Waals surface area contributed by atoms with Gasteiger partial charge in [-0.1, -0.05) is 6.07 Å². The predicted octanol–water partition coefficient (Wildman–Crippen LogP) is 5.02. The van der Waals surface area contributed by atoms with Gasteiger partial charge in [-0.15, -0.1) is 0 Å². The smallest absolute Gasteiger partial charge is 0.300 e. The van der Waals surface area contributed by atoms with Crippen LogP contribution in [-0.4, -0.2) is 41.5 Å². The number of ether oxygens (including phenoxy) is 1. The van der Waals surface area contributed by atoms with Crippen LogP contribution in [0.1, 0.15) is 48.4 Å². The molecule has 1 aromatic heterocycles. The normalized spacial score (nSPS) is 21.0. The van der Waals surface area contributed by atoms with Gasteiger partial charge in [0.15, 0.2) is 0 Å². The van der Waals surface area contributed by atoms with Crippen molar-refractivity contribution in [2.24, 2.45) is 0 Å². The van der Waals surface area contributed by atoms with Crippen LogP contribution in [0.25, 0.3) is 5.76 Å². The highest BCUT2D eigenvalue weighted by Crippen LogP contribution is 2.43. The number of Topliss-reactive ketones (excluding diaryl/α,β-unsaturated/α-hetero) is 1. The van der Waals surface area contributed by atoms with Crippen LogP contribution in [0.5, 0.6) is 5.75 Å². The molecule has 4 heterocycles. The summed E-state index contributed by atoms with van der Waals surface area (Å²) in [6.45, 7) is 2.71. The van der Waals surface area contributed by atoms with Gasteiger partial charge in [-0.05, 0) is 91.8 Å². The van der Waals surface area contributed by atoms with Crippen LogP contribution in [0.3, 0.4) is 0 Å². The molecule has 0 bridgehead atoms. The van der Waals surface area contributed by atoms with E-state index in [0.29, 0.717) is 23.4 Å². The van der Waals surface area contributed by atoms with Gasteiger partial charge >= 0.3 is 0 Å². The molecule has 1 N–H and O–H groups in total. The molecule has 2 fully saturated rings. The number of benzene rings is 2. The number of hydrogen-bond donors (Lipinski definition) is 1. The molecule has 37 heavy (non-hydrogen) atoms. The molecule has 0 spiro atoms. The number of amides is 1. The van der Waals surface area contributed by atoms with Gasteiger partial charge < -0.3 is 14.7 Å². The monoisotopic (exact) mass is 495 g/mol. The molecule has 0 saturated carbocycles. The zero-order valence-electron chi connectivity index (χ0n) is 20.6. The van der Waals surface area contributed by atoms with E-state index in [2.05, 4.69) is 9.88 Å². The number of aliphatic hydroxyl groups is 1. The summed E-state index contributed by atoms with van der Waals surface area (Å²) in [6.07, 6.45) is 8.61. The molecule has 2 aromatic carbocycles. The van der Waals surface area contributed by atoms with Crippen molar-refractivity contribution >= 4 is 28.8 Å². The van der Waals surface area contributed by atoms with Crippen molar-refractivity contribution in [1.29, 1.82) is 0 Å². The number of fused-ring (bicyclic) bond motifs is 1. The Bertz CT molecular complexity index is 1360. The lowest BCUT2D eigenvalue weighted by molar-refractivity contribution is -0.132. The molecule has 6 rings (SSSR count). The highest BCUT2D eigenvalue weighted by atomic mass is 16.5. The summed E-state index contributed by atoms with van der Waals surface area (Å²) >= 11 is 0. The Morgan fingerprint density at radius 2 is 1.73 bits per heavy atom. The Morgan fingerprint density at radius 1 is 0.946 bits per heavy atom. The van der Waals surface area contributed by atoms with E-state index in [1.807, 2.05) is 42.5 Å². The molecule has 0 aliphatic carbocycles. The van der Waals surface area contributed by atoms with Gasteiger partial charge in [-0.25, -0.2) is 0 Å². The summed E-state index contributed by atoms with van der Waals surface area (Å²) in [7, 11) is 0. The van der Waals surface area contributed by atoms with Gasteiger partial charge in [0.25, 0.3) is 11.7 Å². The minimum atomic E-state index is -0.790. The van der Waals surface area contributed by atoms with E-state index >= 15 is 0 Å². The molecular weight excluding hydrogens is 466 g/mol. The fourth-order valence-corrected chi connectivity index (χ4v) is 5.59. The van der Waals surface area contributed by atoms with Crippen molar-refractivity contribution in [3.63, 3.8) is 0 Å². The highest BCUT2D eigenvalue weighted by Gasteiger charge is 2.47. The zero-order chi connectivity index (χ0) is 25.4. The van der Waals surface area contributed by atoms with E-state index in [4.69, 9.17) is 4.74 Å². The van der Waals surface area contributed by atoms with Gasteiger partial charge in [-0.3, -0.25) is 19.5 Å². The number of aromatic nitrogens is 1. The van der Waals surface area contributed by atoms with Crippen LogP contribution >= 0.6 is 0 Å². The molecule has 1 amide bonds. The van der Waals surface area contributed by atoms with Gasteiger partial charge in [0.1, 0.15) is 11.5 Å². The molecule has 7 nitrogen and oxygen atoms in total. The number of aliphatic hydroxyl groups excluding tert-OH is 1. The van der Waals surface area contributed by atoms with Crippen molar-refractivity contribution in [2.75, 3.05) is 29.5 Å². The van der Waals surface area contributed by atoms with Gasteiger partial charge in [0.2, 0.25) is 0 Å². The van der Waals surface area contributed by atoms with Crippen LogP contribution < -0.4 is 14.5 Å². The third kappa shape index (κ3) is 4.24. The Labute approximate surface area is 216 Å². The number of anilines is 2. The second kappa shape index (κ2) is 9.73. The fourth-order valence-electron chi connectivity index (χ4n) is 5.59. The SMILES string of the molecule is O=C1C(=O)N(c2ccc(N3CCCCC3)cc2)C(c2cccnc2)/C1=C(/O)c1ccc2c(c1)CCCO2. The van der Waals surface area contributed by atoms with Crippen molar-refractivity contribution in [3.8, 4) is 5.75 Å². The minimum Gasteiger partial charge on any atom is -0.507 e. The Hall–Kier alpha value is -4.13. The van der Waals surface area contributed by atoms with Crippen LogP contribution in [0.2, 0.25) is 0 Å². The van der Waals surface area contributed by atoms with E-state index in [-0.39, 0.29) is 11.3 Å². The summed E-state index contributed by atoms with van der Waals surface area (Å²) in [6, 6.07) is 16.0. The molecule has 2 saturated heterocycles. The standard InChI is InChI=1S/C30H29N3O4/c34-28(21-8-13-25-20(18-21)7-5-17-37-25)26-27(22-6-4-14-31-19-22)33(30(36)29(26)35)24-11-9-23(10-12-24)32-15-2-1-3-16-32/h4,6,8-14,18-19,27,34H,1-3,5,7,15-17H2/b28-26-. The maximum absolute atomic E-state index is 13.4. The van der Waals surface area contributed by atoms with Crippen LogP contribution in [0.15, 0.2) is 72.6 Å². The van der Waals surface area contributed by atoms with Crippen LogP contribution in [-0.2, 0) is 16.0 Å². The van der Waals surface area contributed by atoms with E-state index < -0.39 is 17.7 Å². The van der Waals surface area contributed by atoms with Crippen molar-refractivity contribution in [2.45, 2.75) is 38.1 Å². The maximum Gasteiger partial charge on any atom is 0.300 e. The number of carbonyl (C=O) groups excluding carboxylic acids is 2. The third-order valence-electron chi connectivity index (χ3n) is 7.48. The second-order valence-corrected chi connectivity index (χ2v) is 9.79. The summed E-state index contributed by atoms with van der Waals surface area (Å²) in [4.78, 5) is 34.9. The summed E-state index contributed by atoms with van der Waals surface area (Å²) in [5, 5.41) is 11.4. The lowest BCUT2D eigenvalue weighted by atomic mass is 9.94. The average molecular weight is 496 g/mol. The average Bonchev–Trinajstić information content (AvgIpc) is 3.23. The Morgan fingerprint density at radius 3 is 2.49 bits per heavy atom. The zero-order valence-corrected chi connectivity index (χ0v) is 20.6. The largest absolute Gasteiger partial charge is 0.507 e. The predicted molar refractivity (Wildman–Crippen MR) is 142 cm³/mol. The molecule has 3 aliphatic rings. The summed E-state index contributed by atoms with van der Waals surface area (Å²) < 4.78 is 5.70. The highest BCUT2D eigenvalue weighted by molar-refractivity contribution is 6.51. The molecule has 188 valence electrons. The van der Waals surface area contributed by atoms with Crippen molar-refractivity contribution in [1.82, 2.24) is 4.98 Å². The lowest BCUT2D eigenvalue weighted by Gasteiger charge is -2.30. The first-order valence-corrected chi connectivity index (χ1v) is 12.9. The maximum atomic E-state index is 13.4. The van der Waals surface area contributed by atoms with Gasteiger partial charge in [0, 0.05) is 42.4 Å². The first-order chi connectivity index (χ1) is 18.1. The first-order valence-electron chi connectivity index (χ1n) is 12.9. The Kier molecular flexibility index (Phi) is 6.12. The van der Waals surface area contributed by atoms with Gasteiger partial charge in [0.05, 0.1) is 18.2 Å². The minimum absolute atomic E-state index is 0.0646. The van der Waals surface area contributed by atoms with E-state index in [1.165, 1.54) is 24.2 Å². The number of pyridine rings is 1. The number of piperidine rings is 1. The molecule has 0 radical (unpaired) electrons. The number of ketones is 1. The van der Waals surface area contributed by atoms with Gasteiger partial charge in [-0.2, -0.15) is 0 Å². The second-order valence-electron chi connectivity index (χ2n) is 9.79. The van der Waals surface area contributed by atoms with Crippen LogP contribution in [0.4, 0.5) is 11.4 Å². The molecular formula is C30H29N3O4. The summed E-state index contributed by atoms with van der Waals surface area (Å²) in [5.74, 6) is -0.767. The van der Waals surface area contributed by atoms with E-state index in [0.717, 1.165) is 42.9 Å². The third-order valence-corrected chi connectivity index (χ3v) is 7.48. The number of aryl methyl sites for hydroxylation is 1. The molecule has 7 heteroatoms. The van der Waals surface area contributed by atoms with Crippen LogP contribution in [0, 0.1) is 0 Å². The topological polar surface area (TPSA) is 83.0 Å². The van der Waals surface area contributed by atoms with Crippen molar-refractivity contribution < 1.29 is 19.4 Å². The van der Waals surface area contributed by atoms with E-state index in [1.54, 1.807) is 24.5 Å². The Balaban J connectivity index is 1.43. The van der Waals surface area contributed by atoms with Crippen molar-refractivity contribution in [3.05, 3.63) is 89.3 Å². The number of rotatable bonds is 4. The first kappa shape index (κ1) is 23.3.